The number of Topliss-reactive ketones (excluding diaryl/α,β-unsaturated/α-hetero) is 1. The number of halogens is 3. The van der Waals surface area contributed by atoms with Crippen molar-refractivity contribution in [3.63, 3.8) is 0 Å². The Kier molecular flexibility index (Phi) is 9.76. The van der Waals surface area contributed by atoms with Crippen LogP contribution >= 0.6 is 23.2 Å². The maximum absolute atomic E-state index is 14.7. The van der Waals surface area contributed by atoms with Gasteiger partial charge in [0, 0.05) is 34.9 Å². The molecule has 1 atom stereocenters. The van der Waals surface area contributed by atoms with Gasteiger partial charge in [0.15, 0.2) is 5.78 Å². The first-order valence-corrected chi connectivity index (χ1v) is 13.5. The van der Waals surface area contributed by atoms with Crippen LogP contribution in [0.3, 0.4) is 0 Å². The number of allylic oxidation sites excluding steroid dienone is 1. The third kappa shape index (κ3) is 7.23. The van der Waals surface area contributed by atoms with E-state index < -0.39 is 23.9 Å². The summed E-state index contributed by atoms with van der Waals surface area (Å²) >= 11 is 12.4. The Morgan fingerprint density at radius 2 is 1.95 bits per heavy atom. The minimum atomic E-state index is -0.812. The molecule has 218 valence electrons. The van der Waals surface area contributed by atoms with Crippen LogP contribution in [-0.4, -0.2) is 40.8 Å². The Hall–Kier alpha value is -4.48. The second-order valence-electron chi connectivity index (χ2n) is 9.23. The van der Waals surface area contributed by atoms with Gasteiger partial charge in [-0.25, -0.2) is 14.2 Å². The van der Waals surface area contributed by atoms with Crippen molar-refractivity contribution >= 4 is 64.3 Å². The van der Waals surface area contributed by atoms with Crippen LogP contribution in [0.15, 0.2) is 48.6 Å². The van der Waals surface area contributed by atoms with E-state index in [0.717, 1.165) is 6.08 Å². The molecule has 2 aromatic carbocycles. The lowest BCUT2D eigenvalue weighted by Gasteiger charge is -2.14. The molecule has 4 rings (SSSR count). The third-order valence-electron chi connectivity index (χ3n) is 6.29. The molecule has 1 aliphatic heterocycles. The second-order valence-corrected chi connectivity index (χ2v) is 10.0. The molecule has 13 heteroatoms. The highest BCUT2D eigenvalue weighted by atomic mass is 35.5. The Labute approximate surface area is 250 Å². The number of carbonyl (C=O) groups excluding carboxylic acids is 4. The van der Waals surface area contributed by atoms with E-state index in [1.54, 1.807) is 30.4 Å². The molecule has 10 nitrogen and oxygen atoms in total. The van der Waals surface area contributed by atoms with Gasteiger partial charge < -0.3 is 20.4 Å². The molecule has 0 spiro atoms. The van der Waals surface area contributed by atoms with Gasteiger partial charge >= 0.3 is 6.09 Å². The molecule has 2 heterocycles. The minimum Gasteiger partial charge on any atom is -0.453 e. The summed E-state index contributed by atoms with van der Waals surface area (Å²) in [5, 5.41) is 8.17. The number of rotatable bonds is 5. The molecule has 1 aromatic heterocycles. The van der Waals surface area contributed by atoms with Gasteiger partial charge in [0.05, 0.1) is 23.9 Å². The van der Waals surface area contributed by atoms with Gasteiger partial charge in [-0.2, -0.15) is 0 Å². The minimum absolute atomic E-state index is 0.0835. The Morgan fingerprint density at radius 1 is 1.17 bits per heavy atom. The summed E-state index contributed by atoms with van der Waals surface area (Å²) in [5.41, 5.74) is 1.48. The predicted molar refractivity (Wildman–Crippen MR) is 158 cm³/mol. The number of carbonyl (C=O) groups is 4. The Balaban J connectivity index is 1.67. The number of nitrogens with one attached hydrogen (secondary N) is 4. The summed E-state index contributed by atoms with van der Waals surface area (Å²) in [7, 11) is 1.23. The SMILES string of the molecule is COC(=O)Nc1ccc2c(c1)NC(=O)CC/C=C/C[C@H](NC(=O)/C=C/c1c(C(C)=O)ccc(Cl)c1F)c1nc-2c(Cl)[nH]1. The van der Waals surface area contributed by atoms with E-state index in [2.05, 4.69) is 30.7 Å². The summed E-state index contributed by atoms with van der Waals surface area (Å²) < 4.78 is 19.3. The molecule has 2 bridgehead atoms. The molecule has 42 heavy (non-hydrogen) atoms. The van der Waals surface area contributed by atoms with Gasteiger partial charge in [0.25, 0.3) is 0 Å². The van der Waals surface area contributed by atoms with Crippen LogP contribution in [0.4, 0.5) is 20.6 Å². The van der Waals surface area contributed by atoms with Gasteiger partial charge in [-0.05, 0) is 56.2 Å². The number of ketones is 1. The highest BCUT2D eigenvalue weighted by Crippen LogP contribution is 2.35. The summed E-state index contributed by atoms with van der Waals surface area (Å²) in [6.07, 6.45) is 6.10. The van der Waals surface area contributed by atoms with E-state index in [1.165, 1.54) is 32.2 Å². The number of nitrogens with zero attached hydrogens (tertiary/aromatic N) is 1. The fourth-order valence-corrected chi connectivity index (χ4v) is 4.65. The number of methoxy groups -OCH3 is 1. The topological polar surface area (TPSA) is 142 Å². The number of imidazole rings is 1. The average molecular weight is 614 g/mol. The summed E-state index contributed by atoms with van der Waals surface area (Å²) in [5.74, 6) is -1.72. The van der Waals surface area contributed by atoms with E-state index in [4.69, 9.17) is 23.2 Å². The number of hydrogen-bond acceptors (Lipinski definition) is 6. The molecular formula is C29H26Cl2FN5O5. The number of H-pyrrole nitrogens is 1. The van der Waals surface area contributed by atoms with Gasteiger partial charge in [0.1, 0.15) is 22.5 Å². The van der Waals surface area contributed by atoms with E-state index in [0.29, 0.717) is 41.3 Å². The smallest absolute Gasteiger partial charge is 0.411 e. The molecule has 0 fully saturated rings. The molecule has 0 radical (unpaired) electrons. The zero-order chi connectivity index (χ0) is 30.4. The standard InChI is InChI=1S/C29H26Cl2FN5O5/c1-15(38)17-10-12-20(30)25(32)18(17)11-13-24(40)34-21-6-4-3-5-7-23(39)35-22-14-16(33-29(41)42-2)8-9-19(22)26-27(31)37-28(21)36-26/h3-4,8-14,21H,5-7H2,1-2H3,(H,33,41)(H,34,40)(H,35,39)(H,36,37)/b4-3+,13-11+/t21-/m0/s1. The molecule has 1 aliphatic rings. The van der Waals surface area contributed by atoms with E-state index in [9.17, 15) is 23.6 Å². The molecule has 4 N–H and O–H groups in total. The number of anilines is 2. The van der Waals surface area contributed by atoms with Crippen LogP contribution in [-0.2, 0) is 14.3 Å². The number of aromatic amines is 1. The van der Waals surface area contributed by atoms with Crippen LogP contribution in [0.2, 0.25) is 10.2 Å². The van der Waals surface area contributed by atoms with Gasteiger partial charge in [-0.1, -0.05) is 35.4 Å². The highest BCUT2D eigenvalue weighted by molar-refractivity contribution is 6.32. The van der Waals surface area contributed by atoms with Gasteiger partial charge in [-0.15, -0.1) is 0 Å². The third-order valence-corrected chi connectivity index (χ3v) is 6.86. The van der Waals surface area contributed by atoms with Crippen LogP contribution in [0.5, 0.6) is 0 Å². The lowest BCUT2D eigenvalue weighted by molar-refractivity contribution is -0.117. The average Bonchev–Trinajstić information content (AvgIpc) is 3.33. The number of benzene rings is 2. The number of fused-ring (bicyclic) bond motifs is 4. The first-order chi connectivity index (χ1) is 20.1. The molecule has 0 aliphatic carbocycles. The Morgan fingerprint density at radius 3 is 2.69 bits per heavy atom. The largest absolute Gasteiger partial charge is 0.453 e. The molecule has 0 saturated carbocycles. The van der Waals surface area contributed by atoms with Crippen LogP contribution in [0.25, 0.3) is 17.3 Å². The molecule has 3 aromatic rings. The lowest BCUT2D eigenvalue weighted by Crippen LogP contribution is -2.27. The Bertz CT molecular complexity index is 1620. The van der Waals surface area contributed by atoms with Crippen molar-refractivity contribution in [3.8, 4) is 11.3 Å². The van der Waals surface area contributed by atoms with E-state index in [1.807, 2.05) is 0 Å². The predicted octanol–water partition coefficient (Wildman–Crippen LogP) is 6.45. The van der Waals surface area contributed by atoms with Crippen molar-refractivity contribution in [2.24, 2.45) is 0 Å². The molecule has 0 saturated heterocycles. The van der Waals surface area contributed by atoms with Crippen molar-refractivity contribution in [1.29, 1.82) is 0 Å². The fraction of sp³-hybridized carbons (Fsp3) is 0.207. The normalized spacial score (nSPS) is 15.8. The first-order valence-electron chi connectivity index (χ1n) is 12.7. The van der Waals surface area contributed by atoms with Gasteiger partial charge in [-0.3, -0.25) is 19.7 Å². The van der Waals surface area contributed by atoms with E-state index >= 15 is 0 Å². The summed E-state index contributed by atoms with van der Waals surface area (Å²) in [6.45, 7) is 1.29. The van der Waals surface area contributed by atoms with Crippen molar-refractivity contribution in [3.05, 3.63) is 81.5 Å². The van der Waals surface area contributed by atoms with Crippen molar-refractivity contribution in [2.75, 3.05) is 17.7 Å². The monoisotopic (exact) mass is 613 g/mol. The van der Waals surface area contributed by atoms with Crippen LogP contribution in [0.1, 0.15) is 54.0 Å². The second kappa shape index (κ2) is 13.5. The highest BCUT2D eigenvalue weighted by Gasteiger charge is 2.23. The zero-order valence-electron chi connectivity index (χ0n) is 22.5. The van der Waals surface area contributed by atoms with Crippen molar-refractivity contribution in [2.45, 2.75) is 32.2 Å². The number of amides is 3. The number of hydrogen-bond donors (Lipinski definition) is 4. The van der Waals surface area contributed by atoms with Crippen LogP contribution < -0.4 is 16.0 Å². The zero-order valence-corrected chi connectivity index (χ0v) is 24.0. The quantitative estimate of drug-likeness (QED) is 0.148. The number of ether oxygens (including phenoxy) is 1. The molecular weight excluding hydrogens is 588 g/mol. The van der Waals surface area contributed by atoms with Gasteiger partial charge in [0.2, 0.25) is 11.8 Å². The van der Waals surface area contributed by atoms with Crippen molar-refractivity contribution in [1.82, 2.24) is 15.3 Å². The fourth-order valence-electron chi connectivity index (χ4n) is 4.24. The first kappa shape index (κ1) is 30.5. The molecule has 3 amide bonds. The number of aromatic nitrogens is 2. The maximum atomic E-state index is 14.7. The lowest BCUT2D eigenvalue weighted by atomic mass is 10.0. The molecule has 0 unspecified atom stereocenters. The summed E-state index contributed by atoms with van der Waals surface area (Å²) in [4.78, 5) is 56.9. The van der Waals surface area contributed by atoms with Crippen LogP contribution in [0, 0.1) is 5.82 Å². The summed E-state index contributed by atoms with van der Waals surface area (Å²) in [6, 6.07) is 6.77. The van der Waals surface area contributed by atoms with Crippen molar-refractivity contribution < 1.29 is 28.3 Å². The van der Waals surface area contributed by atoms with E-state index in [-0.39, 0.29) is 39.4 Å². The maximum Gasteiger partial charge on any atom is 0.411 e.